The van der Waals surface area contributed by atoms with Gasteiger partial charge in [0.15, 0.2) is 12.1 Å². The highest BCUT2D eigenvalue weighted by molar-refractivity contribution is 5.80. The summed E-state index contributed by atoms with van der Waals surface area (Å²) in [5.74, 6) is -5.35. The van der Waals surface area contributed by atoms with E-state index in [-0.39, 0.29) is 51.2 Å². The molecule has 0 saturated carbocycles. The van der Waals surface area contributed by atoms with Crippen molar-refractivity contribution in [2.24, 2.45) is 29.0 Å². The Kier molecular flexibility index (Phi) is 25.4. The van der Waals surface area contributed by atoms with Crippen molar-refractivity contribution in [3.8, 4) is 0 Å². The number of nitrogens with one attached hydrogen (secondary N) is 1. The number of hydrogen-bond donors (Lipinski definition) is 14. The van der Waals surface area contributed by atoms with E-state index in [2.05, 4.69) is 5.32 Å². The SMILES string of the molecule is C[C@H]1C[C@H](O)[C@@H](C)/C=C/C=C/C=C/C=C/C=C/C=C/C=C/C(O[C@@H]2OC[C@@H](O)[C@H](N)[C@@H]2O)C[C@@H]2OC(O)(CC(O)CC(O)C(O)CC[C@@H](O)CC(O)CC(=O)O1)C[C@H](O)C2C(=O)NCC(N)N. The molecule has 3 heterocycles. The fourth-order valence-corrected chi connectivity index (χ4v) is 7.85. The lowest BCUT2D eigenvalue weighted by molar-refractivity contribution is -0.304. The Balaban J connectivity index is 1.89. The van der Waals surface area contributed by atoms with Gasteiger partial charge in [0, 0.05) is 44.6 Å². The molecular formula is C47H76N4O16. The third kappa shape index (κ3) is 21.3. The van der Waals surface area contributed by atoms with Crippen molar-refractivity contribution >= 4 is 11.9 Å². The summed E-state index contributed by atoms with van der Waals surface area (Å²) in [4.78, 5) is 26.0. The molecular weight excluding hydrogens is 877 g/mol. The Morgan fingerprint density at radius 1 is 0.731 bits per heavy atom. The van der Waals surface area contributed by atoms with Gasteiger partial charge in [-0.1, -0.05) is 92.0 Å². The molecule has 1 amide bonds. The van der Waals surface area contributed by atoms with Crippen molar-refractivity contribution in [3.63, 3.8) is 0 Å². The van der Waals surface area contributed by atoms with Gasteiger partial charge in [0.05, 0.1) is 92.2 Å². The third-order valence-corrected chi connectivity index (χ3v) is 11.6. The number of rotatable bonds is 5. The summed E-state index contributed by atoms with van der Waals surface area (Å²) in [6.07, 6.45) is 4.32. The molecule has 0 aromatic heterocycles. The van der Waals surface area contributed by atoms with Crippen LogP contribution in [0.5, 0.6) is 0 Å². The maximum Gasteiger partial charge on any atom is 0.308 e. The molecule has 17 N–H and O–H groups in total. The molecule has 380 valence electrons. The highest BCUT2D eigenvalue weighted by Gasteiger charge is 2.50. The van der Waals surface area contributed by atoms with E-state index in [1.165, 1.54) is 0 Å². The number of fused-ring (bicyclic) bond motifs is 2. The molecule has 0 radical (unpaired) electrons. The Morgan fingerprint density at radius 3 is 1.94 bits per heavy atom. The van der Waals surface area contributed by atoms with E-state index < -0.39 is 141 Å². The van der Waals surface area contributed by atoms with Crippen molar-refractivity contribution in [3.05, 3.63) is 85.1 Å². The van der Waals surface area contributed by atoms with Gasteiger partial charge < -0.3 is 92.5 Å². The first-order valence-electron chi connectivity index (χ1n) is 22.9. The van der Waals surface area contributed by atoms with Crippen LogP contribution >= 0.6 is 0 Å². The number of hydrogen-bond acceptors (Lipinski definition) is 19. The van der Waals surface area contributed by atoms with Crippen molar-refractivity contribution in [1.82, 2.24) is 5.32 Å². The molecule has 7 unspecified atom stereocenters. The lowest BCUT2D eigenvalue weighted by Gasteiger charge is -2.45. The number of allylic oxidation sites excluding steroid dienone is 12. The van der Waals surface area contributed by atoms with Crippen LogP contribution < -0.4 is 22.5 Å². The van der Waals surface area contributed by atoms with E-state index in [9.17, 15) is 60.7 Å². The van der Waals surface area contributed by atoms with Crippen LogP contribution in [0.3, 0.4) is 0 Å². The van der Waals surface area contributed by atoms with Gasteiger partial charge in [-0.2, -0.15) is 0 Å². The molecule has 2 saturated heterocycles. The number of esters is 1. The molecule has 3 aliphatic rings. The molecule has 0 aliphatic carbocycles. The molecule has 0 aromatic carbocycles. The van der Waals surface area contributed by atoms with Gasteiger partial charge in [0.25, 0.3) is 0 Å². The van der Waals surface area contributed by atoms with Gasteiger partial charge in [-0.25, -0.2) is 0 Å². The fraction of sp³-hybridized carbons (Fsp3) is 0.660. The molecule has 3 rings (SSSR count). The second kappa shape index (κ2) is 29.5. The molecule has 17 atom stereocenters. The largest absolute Gasteiger partial charge is 0.462 e. The quantitative estimate of drug-likeness (QED) is 0.108. The van der Waals surface area contributed by atoms with Crippen LogP contribution in [-0.4, -0.2) is 174 Å². The van der Waals surface area contributed by atoms with Crippen molar-refractivity contribution < 1.29 is 79.6 Å². The smallest absolute Gasteiger partial charge is 0.308 e. The van der Waals surface area contributed by atoms with Crippen LogP contribution in [0, 0.1) is 11.8 Å². The van der Waals surface area contributed by atoms with Crippen LogP contribution in [0.15, 0.2) is 85.1 Å². The Hall–Kier alpha value is -3.52. The maximum absolute atomic E-state index is 13.5. The number of nitrogens with two attached hydrogens (primary N) is 3. The predicted molar refractivity (Wildman–Crippen MR) is 245 cm³/mol. The first-order valence-corrected chi connectivity index (χ1v) is 22.9. The van der Waals surface area contributed by atoms with Gasteiger partial charge in [-0.05, 0) is 26.2 Å². The predicted octanol–water partition coefficient (Wildman–Crippen LogP) is -1.65. The summed E-state index contributed by atoms with van der Waals surface area (Å²) in [5, 5.41) is 111. The molecule has 2 bridgehead atoms. The summed E-state index contributed by atoms with van der Waals surface area (Å²) in [5.41, 5.74) is 17.3. The molecule has 20 nitrogen and oxygen atoms in total. The highest BCUT2D eigenvalue weighted by atomic mass is 16.7. The van der Waals surface area contributed by atoms with E-state index >= 15 is 0 Å². The van der Waals surface area contributed by atoms with Crippen LogP contribution in [-0.2, 0) is 28.5 Å². The van der Waals surface area contributed by atoms with E-state index in [1.54, 1.807) is 73.8 Å². The lowest BCUT2D eigenvalue weighted by atomic mass is 9.82. The topological polar surface area (TPSA) is 363 Å². The van der Waals surface area contributed by atoms with E-state index in [0.717, 1.165) is 0 Å². The minimum Gasteiger partial charge on any atom is -0.462 e. The fourth-order valence-electron chi connectivity index (χ4n) is 7.85. The van der Waals surface area contributed by atoms with Gasteiger partial charge >= 0.3 is 5.97 Å². The summed E-state index contributed by atoms with van der Waals surface area (Å²) in [6.45, 7) is 3.02. The molecule has 2 fully saturated rings. The number of ether oxygens (including phenoxy) is 4. The summed E-state index contributed by atoms with van der Waals surface area (Å²) < 4.78 is 23.1. The van der Waals surface area contributed by atoms with Crippen molar-refractivity contribution in [2.45, 2.75) is 169 Å². The first kappa shape index (κ1) is 57.8. The molecule has 0 spiro atoms. The van der Waals surface area contributed by atoms with Gasteiger partial charge in [0.2, 0.25) is 5.91 Å². The van der Waals surface area contributed by atoms with E-state index in [0.29, 0.717) is 0 Å². The zero-order chi connectivity index (χ0) is 49.7. The van der Waals surface area contributed by atoms with Crippen LogP contribution in [0.2, 0.25) is 0 Å². The lowest BCUT2D eigenvalue weighted by Crippen LogP contribution is -2.60. The first-order chi connectivity index (χ1) is 31.7. The number of aliphatic hydroxyl groups is 10. The number of carbonyl (C=O) groups excluding carboxylic acids is 2. The zero-order valence-corrected chi connectivity index (χ0v) is 38.3. The van der Waals surface area contributed by atoms with Crippen LogP contribution in [0.1, 0.15) is 71.6 Å². The second-order valence-electron chi connectivity index (χ2n) is 17.8. The van der Waals surface area contributed by atoms with E-state index in [1.807, 2.05) is 25.2 Å². The van der Waals surface area contributed by atoms with Gasteiger partial charge in [-0.3, -0.25) is 9.59 Å². The van der Waals surface area contributed by atoms with Crippen LogP contribution in [0.25, 0.3) is 0 Å². The summed E-state index contributed by atoms with van der Waals surface area (Å²) in [6, 6.07) is -1.12. The minimum absolute atomic E-state index is 0.101. The number of cyclic esters (lactones) is 1. The van der Waals surface area contributed by atoms with Crippen LogP contribution in [0.4, 0.5) is 0 Å². The zero-order valence-electron chi connectivity index (χ0n) is 38.3. The minimum atomic E-state index is -2.30. The Morgan fingerprint density at radius 2 is 1.33 bits per heavy atom. The third-order valence-electron chi connectivity index (χ3n) is 11.6. The Labute approximate surface area is 392 Å². The summed E-state index contributed by atoms with van der Waals surface area (Å²) in [7, 11) is 0. The van der Waals surface area contributed by atoms with Gasteiger partial charge in [-0.15, -0.1) is 0 Å². The normalized spacial score (nSPS) is 42.3. The molecule has 67 heavy (non-hydrogen) atoms. The Bertz CT molecular complexity index is 1690. The average Bonchev–Trinajstić information content (AvgIpc) is 3.23. The van der Waals surface area contributed by atoms with Crippen molar-refractivity contribution in [2.75, 3.05) is 13.2 Å². The molecule has 3 aliphatic heterocycles. The summed E-state index contributed by atoms with van der Waals surface area (Å²) >= 11 is 0. The monoisotopic (exact) mass is 953 g/mol. The molecule has 0 aromatic rings. The standard InChI is InChI=1S/C47H76N4O16/c1-28-15-13-11-9-7-5-3-4-6-8-10-12-14-16-33(66-46-44(61)43(50)38(59)27-64-46)23-39-42(45(62)51-26-40(48)49)37(58)25-47(63,67-39)24-32(54)21-36(57)34(55)18-17-30(52)20-31(53)22-41(60)65-29(2)19-35(28)56/h3-16,28-40,42-44,46,52-59,61,63H,17-27,48-50H2,1-2H3,(H,51,62)/b4-3+,7-5+,8-6+,11-9+,12-10+,15-13+,16-14+/t28-,29-,30+,31?,32?,33?,34?,35-,36?,37-,38+,39-,42?,43-,44-,46-,47?/m0/s1. The maximum atomic E-state index is 13.5. The highest BCUT2D eigenvalue weighted by Crippen LogP contribution is 2.38. The van der Waals surface area contributed by atoms with Crippen molar-refractivity contribution in [1.29, 1.82) is 0 Å². The molecule has 20 heteroatoms. The van der Waals surface area contributed by atoms with E-state index in [4.69, 9.17) is 36.1 Å². The van der Waals surface area contributed by atoms with Gasteiger partial charge in [0.1, 0.15) is 12.2 Å². The average molecular weight is 953 g/mol. The number of amides is 1. The number of carbonyl (C=O) groups is 2. The number of aliphatic hydroxyl groups excluding tert-OH is 9. The second-order valence-corrected chi connectivity index (χ2v) is 17.8.